The summed E-state index contributed by atoms with van der Waals surface area (Å²) in [6.45, 7) is 1.49. The molecule has 0 aromatic heterocycles. The number of hydrogen-bond donors (Lipinski definition) is 10. The third kappa shape index (κ3) is 6.35. The van der Waals surface area contributed by atoms with E-state index in [4.69, 9.17) is 14.2 Å². The van der Waals surface area contributed by atoms with Crippen LogP contribution < -0.4 is 5.32 Å². The van der Waals surface area contributed by atoms with E-state index in [9.17, 15) is 60.3 Å². The van der Waals surface area contributed by atoms with E-state index >= 15 is 0 Å². The molecule has 296 valence electrons. The molecule has 2 bridgehead atoms. The van der Waals surface area contributed by atoms with Gasteiger partial charge in [0.25, 0.3) is 0 Å². The molecule has 0 amide bonds. The van der Waals surface area contributed by atoms with Crippen molar-refractivity contribution in [2.24, 2.45) is 11.8 Å². The number of esters is 2. The number of carbonyl (C=O) groups is 3. The van der Waals surface area contributed by atoms with Crippen LogP contribution in [0.5, 0.6) is 23.0 Å². The Balaban J connectivity index is 1.58. The quantitative estimate of drug-likeness (QED) is 0.0441. The molecule has 56 heavy (non-hydrogen) atoms. The first kappa shape index (κ1) is 39.6. The van der Waals surface area contributed by atoms with Gasteiger partial charge in [-0.15, -0.1) is 0 Å². The van der Waals surface area contributed by atoms with Gasteiger partial charge in [-0.2, -0.15) is 0 Å². The summed E-state index contributed by atoms with van der Waals surface area (Å²) >= 11 is 0. The number of hydrogen-bond acceptors (Lipinski definition) is 15. The molecule has 7 rings (SSSR count). The van der Waals surface area contributed by atoms with E-state index in [1.54, 1.807) is 18.2 Å². The molecule has 2 heterocycles. The maximum Gasteiger partial charge on any atom is 0.336 e. The number of carboxylic acids is 1. The van der Waals surface area contributed by atoms with Gasteiger partial charge in [-0.3, -0.25) is 5.32 Å². The second kappa shape index (κ2) is 14.5. The molecule has 1 saturated carbocycles. The van der Waals surface area contributed by atoms with Gasteiger partial charge in [0.1, 0.15) is 11.5 Å². The number of fused-ring (bicyclic) bond motifs is 1. The minimum absolute atomic E-state index is 0.161. The lowest BCUT2D eigenvalue weighted by molar-refractivity contribution is -0.387. The van der Waals surface area contributed by atoms with E-state index < -0.39 is 106 Å². The highest BCUT2D eigenvalue weighted by atomic mass is 16.6. The maximum absolute atomic E-state index is 14.0. The van der Waals surface area contributed by atoms with Crippen molar-refractivity contribution in [2.45, 2.75) is 54.8 Å². The Bertz CT molecular complexity index is 2160. The Kier molecular flexibility index (Phi) is 10.3. The van der Waals surface area contributed by atoms with Crippen LogP contribution in [0.2, 0.25) is 0 Å². The Morgan fingerprint density at radius 3 is 2.20 bits per heavy atom. The smallest absolute Gasteiger partial charge is 0.336 e. The Morgan fingerprint density at radius 2 is 1.57 bits per heavy atom. The summed E-state index contributed by atoms with van der Waals surface area (Å²) in [5, 5.41) is 101. The number of aliphatic hydroxyl groups excluding tert-OH is 2. The van der Waals surface area contributed by atoms with E-state index in [-0.39, 0.29) is 17.5 Å². The lowest BCUT2D eigenvalue weighted by Gasteiger charge is -2.69. The number of aliphatic hydroxyl groups is 4. The van der Waals surface area contributed by atoms with Crippen LogP contribution in [0.3, 0.4) is 0 Å². The van der Waals surface area contributed by atoms with Crippen LogP contribution in [0, 0.1) is 11.8 Å². The minimum Gasteiger partial charge on any atom is -0.509 e. The number of aryl methyl sites for hydroxylation is 1. The zero-order valence-corrected chi connectivity index (χ0v) is 30.1. The normalized spacial score (nSPS) is 29.7. The van der Waals surface area contributed by atoms with Crippen molar-refractivity contribution in [3.63, 3.8) is 0 Å². The molecule has 10 N–H and O–H groups in total. The molecule has 16 heteroatoms. The van der Waals surface area contributed by atoms with Crippen molar-refractivity contribution in [1.82, 2.24) is 5.32 Å². The van der Waals surface area contributed by atoms with Crippen LogP contribution >= 0.6 is 0 Å². The number of carboxylic acid groups (broad SMARTS) is 1. The molecule has 1 spiro atoms. The average Bonchev–Trinajstić information content (AvgIpc) is 3.16. The van der Waals surface area contributed by atoms with Crippen molar-refractivity contribution < 1.29 is 74.6 Å². The summed E-state index contributed by atoms with van der Waals surface area (Å²) in [5.74, 6) is -11.1. The second-order valence-electron chi connectivity index (χ2n) is 14.0. The van der Waals surface area contributed by atoms with Crippen LogP contribution in [0.25, 0.3) is 11.8 Å². The predicted molar refractivity (Wildman–Crippen MR) is 195 cm³/mol. The standard InChI is InChI=1S/C40H41NO15/c1-3-21-5-4-6-23(13-21)14-26-35(55-34(49)18-29(44)24-9-11-28(43)31(46)16-24)39(56-33(48)12-8-22-7-10-27(42)30(45)15-22)38(20-37(26,52)36(50)51)32(47)17-25(19-54-38)40(39,53)41-2/h4-13,15-18,25-26,35,41-47,52-53H,3,14,19-20H2,1-2H3,(H,50,51)/b12-8+,29-18-/t25?,26-,35-,37-,38?,39-,40+/m1/s1. The molecule has 2 aliphatic carbocycles. The van der Waals surface area contributed by atoms with Gasteiger partial charge in [0.15, 0.2) is 46.0 Å². The molecule has 2 aliphatic heterocycles. The number of benzene rings is 3. The number of aliphatic carboxylic acids is 1. The van der Waals surface area contributed by atoms with Crippen molar-refractivity contribution in [3.05, 3.63) is 107 Å². The number of phenolic OH excluding ortho intramolecular Hbond substituents is 4. The monoisotopic (exact) mass is 775 g/mol. The Morgan fingerprint density at radius 1 is 0.893 bits per heavy atom. The van der Waals surface area contributed by atoms with Crippen molar-refractivity contribution in [3.8, 4) is 23.0 Å². The van der Waals surface area contributed by atoms with Crippen molar-refractivity contribution >= 4 is 29.7 Å². The van der Waals surface area contributed by atoms with E-state index in [1.807, 2.05) is 13.0 Å². The van der Waals surface area contributed by atoms with Crippen LogP contribution in [0.4, 0.5) is 0 Å². The maximum atomic E-state index is 14.0. The SMILES string of the molecule is CCc1cccc(C[C@@H]2[C@@H](OC(=O)/C=C(\O)c3ccc(O)c(O)c3)[C@@]3(OC(=O)/C=C/c4ccc(O)c(O)c4)C4(C[C@]2(O)C(=O)O)OCC(C=C4O)[C@@]3(O)NC)c1. The first-order chi connectivity index (χ1) is 26.4. The molecule has 1 saturated heterocycles. The van der Waals surface area contributed by atoms with Gasteiger partial charge < -0.3 is 60.2 Å². The number of ether oxygens (including phenoxy) is 3. The van der Waals surface area contributed by atoms with E-state index in [0.29, 0.717) is 18.1 Å². The molecule has 4 aliphatic rings. The van der Waals surface area contributed by atoms with E-state index in [0.717, 1.165) is 48.0 Å². The number of rotatable bonds is 11. The van der Waals surface area contributed by atoms with Crippen molar-refractivity contribution in [2.75, 3.05) is 13.7 Å². The first-order valence-electron chi connectivity index (χ1n) is 17.5. The third-order valence-corrected chi connectivity index (χ3v) is 10.9. The fraction of sp³-hybridized carbons (Fsp3) is 0.325. The lowest BCUT2D eigenvalue weighted by Crippen LogP contribution is -2.90. The Hall–Kier alpha value is -6.07. The summed E-state index contributed by atoms with van der Waals surface area (Å²) < 4.78 is 18.3. The largest absolute Gasteiger partial charge is 0.509 e. The zero-order chi connectivity index (χ0) is 40.8. The molecular weight excluding hydrogens is 734 g/mol. The number of carbonyl (C=O) groups excluding carboxylic acids is 2. The summed E-state index contributed by atoms with van der Waals surface area (Å²) in [4.78, 5) is 41.3. The summed E-state index contributed by atoms with van der Waals surface area (Å²) in [7, 11) is 1.28. The minimum atomic E-state index is -2.93. The molecule has 2 fully saturated rings. The summed E-state index contributed by atoms with van der Waals surface area (Å²) in [5.41, 5.74) is -9.55. The lowest BCUT2D eigenvalue weighted by atomic mass is 9.49. The Labute approximate surface area is 319 Å². The number of aromatic hydroxyl groups is 4. The highest BCUT2D eigenvalue weighted by Crippen LogP contribution is 2.64. The molecule has 3 aromatic carbocycles. The average molecular weight is 776 g/mol. The van der Waals surface area contributed by atoms with Crippen LogP contribution in [-0.2, 0) is 41.4 Å². The van der Waals surface area contributed by atoms with E-state index in [2.05, 4.69) is 5.32 Å². The second-order valence-corrected chi connectivity index (χ2v) is 14.0. The van der Waals surface area contributed by atoms with Gasteiger partial charge in [0.05, 0.1) is 18.6 Å². The molecule has 2 unspecified atom stereocenters. The molecule has 16 nitrogen and oxygen atoms in total. The fourth-order valence-electron chi connectivity index (χ4n) is 8.10. The van der Waals surface area contributed by atoms with Crippen LogP contribution in [0.15, 0.2) is 84.7 Å². The van der Waals surface area contributed by atoms with Crippen molar-refractivity contribution in [1.29, 1.82) is 0 Å². The number of nitrogens with one attached hydrogen (secondary N) is 1. The van der Waals surface area contributed by atoms with Crippen LogP contribution in [-0.4, -0.2) is 106 Å². The third-order valence-electron chi connectivity index (χ3n) is 10.9. The highest BCUT2D eigenvalue weighted by Gasteiger charge is 2.85. The summed E-state index contributed by atoms with van der Waals surface area (Å²) in [6, 6.07) is 13.7. The van der Waals surface area contributed by atoms with Gasteiger partial charge in [-0.1, -0.05) is 37.3 Å². The molecule has 3 aromatic rings. The molecular formula is C40H41NO15. The van der Waals surface area contributed by atoms with Gasteiger partial charge >= 0.3 is 17.9 Å². The zero-order valence-electron chi connectivity index (χ0n) is 30.1. The molecule has 0 radical (unpaired) electrons. The van der Waals surface area contributed by atoms with Gasteiger partial charge in [0, 0.05) is 24.0 Å². The van der Waals surface area contributed by atoms with Gasteiger partial charge in [-0.05, 0) is 79.1 Å². The van der Waals surface area contributed by atoms with Gasteiger partial charge in [0.2, 0.25) is 5.60 Å². The molecule has 7 atom stereocenters. The van der Waals surface area contributed by atoms with Gasteiger partial charge in [-0.25, -0.2) is 14.4 Å². The summed E-state index contributed by atoms with van der Waals surface area (Å²) in [6.07, 6.45) is 0.716. The topological polar surface area (TPSA) is 273 Å². The highest BCUT2D eigenvalue weighted by molar-refractivity contribution is 5.91. The number of phenols is 4. The fourth-order valence-corrected chi connectivity index (χ4v) is 8.10. The predicted octanol–water partition coefficient (Wildman–Crippen LogP) is 2.70. The first-order valence-corrected chi connectivity index (χ1v) is 17.5. The number of likely N-dealkylation sites (N-methyl/N-ethyl adjacent to an activating group) is 1. The van der Waals surface area contributed by atoms with E-state index in [1.165, 1.54) is 19.2 Å². The van der Waals surface area contributed by atoms with Crippen LogP contribution in [0.1, 0.15) is 35.6 Å².